The second kappa shape index (κ2) is 10.5. The van der Waals surface area contributed by atoms with Gasteiger partial charge >= 0.3 is 0 Å². The summed E-state index contributed by atoms with van der Waals surface area (Å²) in [5.74, 6) is 0.545. The average molecular weight is 471 g/mol. The Hall–Kier alpha value is -1.80. The van der Waals surface area contributed by atoms with Gasteiger partial charge in [0.15, 0.2) is 0 Å². The van der Waals surface area contributed by atoms with Crippen LogP contribution in [0.3, 0.4) is 0 Å². The van der Waals surface area contributed by atoms with Crippen LogP contribution in [0.2, 0.25) is 10.0 Å². The molecule has 1 amide bonds. The number of amides is 1. The van der Waals surface area contributed by atoms with Crippen LogP contribution in [0.15, 0.2) is 53.4 Å². The van der Waals surface area contributed by atoms with Crippen LogP contribution in [-0.4, -0.2) is 45.0 Å². The Morgan fingerprint density at radius 1 is 1.07 bits per heavy atom. The molecular formula is C21H24Cl2N2O4S. The normalized spacial score (nSPS) is 15.2. The Morgan fingerprint density at radius 3 is 2.47 bits per heavy atom. The number of piperidine rings is 1. The maximum absolute atomic E-state index is 12.4. The Balaban J connectivity index is 1.39. The monoisotopic (exact) mass is 470 g/mol. The fourth-order valence-corrected chi connectivity index (χ4v) is 4.97. The zero-order valence-corrected chi connectivity index (χ0v) is 18.7. The maximum atomic E-state index is 12.4. The summed E-state index contributed by atoms with van der Waals surface area (Å²) in [5.41, 5.74) is 0. The highest BCUT2D eigenvalue weighted by Crippen LogP contribution is 2.31. The first-order chi connectivity index (χ1) is 14.4. The molecule has 1 saturated heterocycles. The van der Waals surface area contributed by atoms with E-state index in [1.807, 2.05) is 0 Å². The second-order valence-electron chi connectivity index (χ2n) is 7.09. The molecule has 0 aromatic heterocycles. The van der Waals surface area contributed by atoms with Crippen LogP contribution in [0, 0.1) is 0 Å². The summed E-state index contributed by atoms with van der Waals surface area (Å²) >= 11 is 12.0. The summed E-state index contributed by atoms with van der Waals surface area (Å²) in [4.78, 5) is 14.5. The zero-order valence-electron chi connectivity index (χ0n) is 16.4. The van der Waals surface area contributed by atoms with Crippen molar-refractivity contribution in [2.45, 2.75) is 36.6 Å². The molecule has 0 aliphatic carbocycles. The Kier molecular flexibility index (Phi) is 7.99. The van der Waals surface area contributed by atoms with Crippen molar-refractivity contribution in [3.8, 4) is 5.75 Å². The summed E-state index contributed by atoms with van der Waals surface area (Å²) in [6.45, 7) is 1.42. The van der Waals surface area contributed by atoms with Gasteiger partial charge in [0.05, 0.1) is 16.5 Å². The van der Waals surface area contributed by atoms with Gasteiger partial charge in [-0.25, -0.2) is 13.1 Å². The number of hydrogen-bond acceptors (Lipinski definition) is 4. The molecule has 0 atom stereocenters. The van der Waals surface area contributed by atoms with E-state index >= 15 is 0 Å². The number of sulfonamides is 1. The highest BCUT2D eigenvalue weighted by Gasteiger charge is 2.26. The fraction of sp³-hybridized carbons (Fsp3) is 0.381. The summed E-state index contributed by atoms with van der Waals surface area (Å²) in [6.07, 6.45) is 2.10. The Morgan fingerprint density at radius 2 is 1.77 bits per heavy atom. The molecule has 6 nitrogen and oxygen atoms in total. The van der Waals surface area contributed by atoms with Crippen molar-refractivity contribution in [3.63, 3.8) is 0 Å². The van der Waals surface area contributed by atoms with Crippen molar-refractivity contribution in [2.75, 3.05) is 19.7 Å². The number of carbonyl (C=O) groups is 1. The average Bonchev–Trinajstić information content (AvgIpc) is 2.75. The first-order valence-electron chi connectivity index (χ1n) is 9.79. The lowest BCUT2D eigenvalue weighted by molar-refractivity contribution is -0.132. The van der Waals surface area contributed by atoms with Gasteiger partial charge in [0.25, 0.3) is 0 Å². The molecule has 0 unspecified atom stereocenters. The van der Waals surface area contributed by atoms with Crippen molar-refractivity contribution in [1.82, 2.24) is 9.62 Å². The van der Waals surface area contributed by atoms with Crippen LogP contribution in [0.25, 0.3) is 0 Å². The molecule has 0 saturated carbocycles. The predicted octanol–water partition coefficient (Wildman–Crippen LogP) is 4.12. The van der Waals surface area contributed by atoms with Crippen molar-refractivity contribution >= 4 is 39.1 Å². The van der Waals surface area contributed by atoms with Crippen LogP contribution >= 0.6 is 23.2 Å². The van der Waals surface area contributed by atoms with Gasteiger partial charge in [-0.3, -0.25) is 4.79 Å². The largest absolute Gasteiger partial charge is 0.492 e. The molecule has 0 bridgehead atoms. The lowest BCUT2D eigenvalue weighted by Gasteiger charge is -2.32. The lowest BCUT2D eigenvalue weighted by Crippen LogP contribution is -2.46. The van der Waals surface area contributed by atoms with Gasteiger partial charge in [0, 0.05) is 25.6 Å². The number of benzene rings is 2. The minimum atomic E-state index is -3.54. The van der Waals surface area contributed by atoms with Crippen molar-refractivity contribution in [1.29, 1.82) is 0 Å². The standard InChI is InChI=1S/C21H24Cl2N2O4S/c22-18-8-4-9-19(21(18)23)29-15-5-10-20(26)25-13-11-16(12-14-25)24-30(27,28)17-6-2-1-3-7-17/h1-4,6-9,16,24H,5,10-15H2. The molecule has 1 heterocycles. The lowest BCUT2D eigenvalue weighted by atomic mass is 10.1. The number of carbonyl (C=O) groups excluding carboxylic acids is 1. The molecular weight excluding hydrogens is 447 g/mol. The topological polar surface area (TPSA) is 75.7 Å². The molecule has 162 valence electrons. The molecule has 0 radical (unpaired) electrons. The Labute approximate surface area is 187 Å². The van der Waals surface area contributed by atoms with Crippen molar-refractivity contribution < 1.29 is 17.9 Å². The van der Waals surface area contributed by atoms with E-state index in [2.05, 4.69) is 4.72 Å². The minimum Gasteiger partial charge on any atom is -0.492 e. The van der Waals surface area contributed by atoms with Crippen LogP contribution in [0.5, 0.6) is 5.75 Å². The number of halogens is 2. The molecule has 2 aromatic rings. The maximum Gasteiger partial charge on any atom is 0.240 e. The molecule has 2 aromatic carbocycles. The predicted molar refractivity (Wildman–Crippen MR) is 118 cm³/mol. The summed E-state index contributed by atoms with van der Waals surface area (Å²) in [6, 6.07) is 13.3. The SMILES string of the molecule is O=C(CCCOc1cccc(Cl)c1Cl)N1CCC(NS(=O)(=O)c2ccccc2)CC1. The van der Waals surface area contributed by atoms with E-state index in [0.717, 1.165) is 0 Å². The zero-order chi connectivity index (χ0) is 21.6. The molecule has 9 heteroatoms. The number of rotatable bonds is 8. The van der Waals surface area contributed by atoms with Gasteiger partial charge in [-0.15, -0.1) is 0 Å². The summed E-state index contributed by atoms with van der Waals surface area (Å²) in [5, 5.41) is 0.793. The van der Waals surface area contributed by atoms with Crippen LogP contribution in [0.4, 0.5) is 0 Å². The molecule has 1 N–H and O–H groups in total. The van der Waals surface area contributed by atoms with E-state index in [1.54, 1.807) is 53.4 Å². The number of hydrogen-bond donors (Lipinski definition) is 1. The van der Waals surface area contributed by atoms with Gasteiger partial charge in [-0.1, -0.05) is 47.5 Å². The molecule has 1 aliphatic rings. The molecule has 1 fully saturated rings. The second-order valence-corrected chi connectivity index (χ2v) is 9.59. The minimum absolute atomic E-state index is 0.0418. The number of likely N-dealkylation sites (tertiary alicyclic amines) is 1. The van der Waals surface area contributed by atoms with Gasteiger partial charge < -0.3 is 9.64 Å². The smallest absolute Gasteiger partial charge is 0.240 e. The van der Waals surface area contributed by atoms with Crippen molar-refractivity contribution in [3.05, 3.63) is 58.6 Å². The van der Waals surface area contributed by atoms with E-state index in [-0.39, 0.29) is 16.8 Å². The van der Waals surface area contributed by atoms with E-state index in [0.29, 0.717) is 61.2 Å². The third-order valence-corrected chi connectivity index (χ3v) is 7.27. The number of nitrogens with zero attached hydrogens (tertiary/aromatic N) is 1. The number of nitrogens with one attached hydrogen (secondary N) is 1. The fourth-order valence-electron chi connectivity index (χ4n) is 3.29. The molecule has 30 heavy (non-hydrogen) atoms. The highest BCUT2D eigenvalue weighted by molar-refractivity contribution is 7.89. The quantitative estimate of drug-likeness (QED) is 0.588. The Bertz CT molecular complexity index is 962. The van der Waals surface area contributed by atoms with E-state index in [9.17, 15) is 13.2 Å². The van der Waals surface area contributed by atoms with E-state index in [1.165, 1.54) is 0 Å². The van der Waals surface area contributed by atoms with Crippen LogP contribution in [-0.2, 0) is 14.8 Å². The van der Waals surface area contributed by atoms with Gasteiger partial charge in [-0.05, 0) is 43.5 Å². The molecule has 0 spiro atoms. The van der Waals surface area contributed by atoms with Crippen LogP contribution < -0.4 is 9.46 Å². The summed E-state index contributed by atoms with van der Waals surface area (Å²) < 4.78 is 33.2. The van der Waals surface area contributed by atoms with Gasteiger partial charge in [0.1, 0.15) is 10.8 Å². The van der Waals surface area contributed by atoms with Gasteiger partial charge in [0.2, 0.25) is 15.9 Å². The summed E-state index contributed by atoms with van der Waals surface area (Å²) in [7, 11) is -3.54. The first-order valence-corrected chi connectivity index (χ1v) is 12.0. The molecule has 3 rings (SSSR count). The molecule has 1 aliphatic heterocycles. The highest BCUT2D eigenvalue weighted by atomic mass is 35.5. The third kappa shape index (κ3) is 6.11. The van der Waals surface area contributed by atoms with Crippen molar-refractivity contribution in [2.24, 2.45) is 0 Å². The van der Waals surface area contributed by atoms with Gasteiger partial charge in [-0.2, -0.15) is 0 Å². The number of ether oxygens (including phenoxy) is 1. The third-order valence-electron chi connectivity index (χ3n) is 4.93. The van der Waals surface area contributed by atoms with Crippen LogP contribution in [0.1, 0.15) is 25.7 Å². The van der Waals surface area contributed by atoms with E-state index < -0.39 is 10.0 Å². The first kappa shape index (κ1) is 22.9. The van der Waals surface area contributed by atoms with E-state index in [4.69, 9.17) is 27.9 Å².